The van der Waals surface area contributed by atoms with Crippen LogP contribution in [0.3, 0.4) is 0 Å². The predicted octanol–water partition coefficient (Wildman–Crippen LogP) is 5.91. The Kier molecular flexibility index (Phi) is 13.2. The molecule has 15 nitrogen and oxygen atoms in total. The Balaban J connectivity index is 1.86. The summed E-state index contributed by atoms with van der Waals surface area (Å²) < 4.78 is 32.4. The number of aromatic hydroxyl groups is 3. The lowest BCUT2D eigenvalue weighted by Crippen LogP contribution is -2.26. The summed E-state index contributed by atoms with van der Waals surface area (Å²) in [6, 6.07) is 9.11. The van der Waals surface area contributed by atoms with Crippen LogP contribution in [0.25, 0.3) is 34.2 Å². The summed E-state index contributed by atoms with van der Waals surface area (Å²) in [6.45, 7) is 14.9. The van der Waals surface area contributed by atoms with E-state index in [4.69, 9.17) is 28.4 Å². The van der Waals surface area contributed by atoms with E-state index in [1.54, 1.807) is 59.7 Å². The molecule has 0 spiro atoms. The number of carbonyl (C=O) groups excluding carboxylic acids is 3. The van der Waals surface area contributed by atoms with E-state index >= 15 is 0 Å². The summed E-state index contributed by atoms with van der Waals surface area (Å²) in [5, 5.41) is 34.2. The van der Waals surface area contributed by atoms with Gasteiger partial charge in [0.15, 0.2) is 35.8 Å². The Morgan fingerprint density at radius 3 is 0.963 bits per heavy atom. The molecule has 3 atom stereocenters. The monoisotopic (exact) mass is 747 g/mol. The maximum atomic E-state index is 12.2. The summed E-state index contributed by atoms with van der Waals surface area (Å²) in [6.07, 6.45) is -2.87. The van der Waals surface area contributed by atoms with Crippen LogP contribution in [-0.2, 0) is 28.6 Å². The largest absolute Gasteiger partial charge is 0.507 e. The molecule has 288 valence electrons. The molecule has 0 amide bonds. The molecule has 4 rings (SSSR count). The summed E-state index contributed by atoms with van der Waals surface area (Å²) in [5.41, 5.74) is 1.27. The topological polar surface area (TPSA) is 206 Å². The van der Waals surface area contributed by atoms with Crippen molar-refractivity contribution >= 4 is 17.9 Å². The third-order valence-electron chi connectivity index (χ3n) is 8.27. The third-order valence-corrected chi connectivity index (χ3v) is 8.27. The fourth-order valence-electron chi connectivity index (χ4n) is 5.20. The molecule has 1 heterocycles. The van der Waals surface area contributed by atoms with E-state index in [0.29, 0.717) is 0 Å². The molecule has 0 saturated carbocycles. The van der Waals surface area contributed by atoms with Crippen LogP contribution in [0.15, 0.2) is 36.4 Å². The van der Waals surface area contributed by atoms with Crippen LogP contribution in [0.1, 0.15) is 58.2 Å². The number of hydrogen-bond acceptors (Lipinski definition) is 15. The maximum Gasteiger partial charge on any atom is 0.347 e. The van der Waals surface area contributed by atoms with E-state index in [1.165, 1.54) is 39.0 Å². The number of hydrogen-bond donors (Lipinski definition) is 3. The van der Waals surface area contributed by atoms with E-state index in [-0.39, 0.29) is 105 Å². The lowest BCUT2D eigenvalue weighted by atomic mass is 10.0. The standard InChI is InChI=1S/C39H45N3O12/c1-10-49-37(46)22(7)52-28-16-13-25(31(43)19(28)4)34-40-35(26-14-17-29(20(5)32(26)44)53-23(8)38(47)50-11-2)42-36(41-34)27-15-18-30(21(6)33(27)45)54-24(9)39(48)51-12-3/h13-18,22-24,43-45H,10-12H2,1-9H3. The van der Waals surface area contributed by atoms with Crippen molar-refractivity contribution in [2.75, 3.05) is 19.8 Å². The third kappa shape index (κ3) is 8.90. The van der Waals surface area contributed by atoms with Crippen molar-refractivity contribution in [1.29, 1.82) is 0 Å². The fourth-order valence-corrected chi connectivity index (χ4v) is 5.20. The van der Waals surface area contributed by atoms with Gasteiger partial charge in [0.1, 0.15) is 34.5 Å². The molecule has 4 aromatic rings. The number of benzene rings is 3. The van der Waals surface area contributed by atoms with E-state index in [0.717, 1.165) is 0 Å². The highest BCUT2D eigenvalue weighted by molar-refractivity contribution is 5.79. The Labute approximate surface area is 312 Å². The average Bonchev–Trinajstić information content (AvgIpc) is 3.14. The lowest BCUT2D eigenvalue weighted by Gasteiger charge is -2.19. The molecule has 3 aromatic carbocycles. The highest BCUT2D eigenvalue weighted by Crippen LogP contribution is 2.42. The maximum absolute atomic E-state index is 12.2. The zero-order valence-electron chi connectivity index (χ0n) is 31.7. The van der Waals surface area contributed by atoms with Crippen LogP contribution >= 0.6 is 0 Å². The molecule has 0 fully saturated rings. The van der Waals surface area contributed by atoms with Gasteiger partial charge < -0.3 is 43.7 Å². The molecular weight excluding hydrogens is 702 g/mol. The van der Waals surface area contributed by atoms with Gasteiger partial charge in [0.2, 0.25) is 0 Å². The van der Waals surface area contributed by atoms with E-state index in [9.17, 15) is 29.7 Å². The molecule has 0 aliphatic rings. The van der Waals surface area contributed by atoms with Crippen molar-refractivity contribution in [3.05, 3.63) is 53.1 Å². The number of esters is 3. The van der Waals surface area contributed by atoms with Gasteiger partial charge in [-0.1, -0.05) is 0 Å². The number of phenolic OH excluding ortho intramolecular Hbond substituents is 3. The minimum Gasteiger partial charge on any atom is -0.507 e. The van der Waals surface area contributed by atoms with Crippen molar-refractivity contribution in [1.82, 2.24) is 15.0 Å². The van der Waals surface area contributed by atoms with Crippen molar-refractivity contribution in [2.24, 2.45) is 0 Å². The van der Waals surface area contributed by atoms with Crippen LogP contribution in [0.4, 0.5) is 0 Å². The molecule has 0 radical (unpaired) electrons. The van der Waals surface area contributed by atoms with Crippen molar-refractivity contribution in [2.45, 2.75) is 80.6 Å². The number of nitrogens with zero attached hydrogens (tertiary/aromatic N) is 3. The molecular formula is C39H45N3O12. The Morgan fingerprint density at radius 1 is 0.500 bits per heavy atom. The lowest BCUT2D eigenvalue weighted by molar-refractivity contribution is -0.151. The first-order valence-electron chi connectivity index (χ1n) is 17.4. The Hall–Kier alpha value is -6.12. The van der Waals surface area contributed by atoms with Crippen LogP contribution in [-0.4, -0.2) is 86.3 Å². The van der Waals surface area contributed by atoms with Crippen molar-refractivity contribution in [3.8, 4) is 68.7 Å². The summed E-state index contributed by atoms with van der Waals surface area (Å²) in [5.74, 6) is -1.98. The number of phenols is 3. The summed E-state index contributed by atoms with van der Waals surface area (Å²) >= 11 is 0. The molecule has 3 N–H and O–H groups in total. The minimum atomic E-state index is -0.957. The molecule has 0 bridgehead atoms. The second-order valence-corrected chi connectivity index (χ2v) is 12.1. The van der Waals surface area contributed by atoms with Gasteiger partial charge in [0.05, 0.1) is 36.5 Å². The van der Waals surface area contributed by atoms with Gasteiger partial charge in [0, 0.05) is 16.7 Å². The number of carbonyl (C=O) groups is 3. The average molecular weight is 748 g/mol. The van der Waals surface area contributed by atoms with Crippen LogP contribution in [0.5, 0.6) is 34.5 Å². The molecule has 1 aromatic heterocycles. The first-order valence-corrected chi connectivity index (χ1v) is 17.4. The first-order chi connectivity index (χ1) is 25.6. The van der Waals surface area contributed by atoms with Gasteiger partial charge in [-0.3, -0.25) is 0 Å². The molecule has 15 heteroatoms. The molecule has 0 aliphatic carbocycles. The number of rotatable bonds is 15. The highest BCUT2D eigenvalue weighted by atomic mass is 16.6. The van der Waals surface area contributed by atoms with Crippen molar-refractivity contribution < 1.29 is 58.1 Å². The fraction of sp³-hybridized carbons (Fsp3) is 0.385. The quantitative estimate of drug-likeness (QED) is 0.0955. The van der Waals surface area contributed by atoms with E-state index in [1.807, 2.05) is 0 Å². The van der Waals surface area contributed by atoms with Gasteiger partial charge in [0.25, 0.3) is 0 Å². The summed E-state index contributed by atoms with van der Waals surface area (Å²) in [4.78, 5) is 50.4. The summed E-state index contributed by atoms with van der Waals surface area (Å²) in [7, 11) is 0. The van der Waals surface area contributed by atoms with E-state index < -0.39 is 36.2 Å². The SMILES string of the molecule is CCOC(=O)C(C)Oc1ccc(-c2nc(-c3ccc(OC(C)C(=O)OCC)c(C)c3O)nc(-c3ccc(OC(C)C(=O)OCC)c(C)c3O)n2)c(O)c1C. The molecule has 0 aliphatic heterocycles. The second kappa shape index (κ2) is 17.6. The minimum absolute atomic E-state index is 0.0396. The van der Waals surface area contributed by atoms with E-state index in [2.05, 4.69) is 15.0 Å². The van der Waals surface area contributed by atoms with Gasteiger partial charge in [-0.25, -0.2) is 29.3 Å². The van der Waals surface area contributed by atoms with Crippen LogP contribution < -0.4 is 14.2 Å². The van der Waals surface area contributed by atoms with Crippen LogP contribution in [0, 0.1) is 20.8 Å². The second-order valence-electron chi connectivity index (χ2n) is 12.1. The highest BCUT2D eigenvalue weighted by Gasteiger charge is 2.26. The molecule has 3 unspecified atom stereocenters. The van der Waals surface area contributed by atoms with Gasteiger partial charge in [-0.15, -0.1) is 0 Å². The molecule has 54 heavy (non-hydrogen) atoms. The Bertz CT molecular complexity index is 1790. The number of ether oxygens (including phenoxy) is 6. The van der Waals surface area contributed by atoms with Gasteiger partial charge >= 0.3 is 17.9 Å². The van der Waals surface area contributed by atoms with Gasteiger partial charge in [-0.2, -0.15) is 0 Å². The van der Waals surface area contributed by atoms with Gasteiger partial charge in [-0.05, 0) is 98.7 Å². The van der Waals surface area contributed by atoms with Crippen LogP contribution in [0.2, 0.25) is 0 Å². The zero-order valence-corrected chi connectivity index (χ0v) is 31.7. The smallest absolute Gasteiger partial charge is 0.347 e. The zero-order chi connectivity index (χ0) is 39.9. The predicted molar refractivity (Wildman–Crippen MR) is 196 cm³/mol. The Morgan fingerprint density at radius 2 is 0.741 bits per heavy atom. The first kappa shape index (κ1) is 40.6. The number of aromatic nitrogens is 3. The molecule has 0 saturated heterocycles. The van der Waals surface area contributed by atoms with Crippen molar-refractivity contribution in [3.63, 3.8) is 0 Å². The normalized spacial score (nSPS) is 12.6.